The SMILES string of the molecule is COc1c(CO)cc(Cl)cc1S(=O)(=O)NCC(C)(C)OC. The molecular formula is C13H20ClNO5S. The largest absolute Gasteiger partial charge is 0.495 e. The van der Waals surface area contributed by atoms with E-state index in [9.17, 15) is 13.5 Å². The highest BCUT2D eigenvalue weighted by molar-refractivity contribution is 7.89. The van der Waals surface area contributed by atoms with Gasteiger partial charge in [-0.25, -0.2) is 13.1 Å². The van der Waals surface area contributed by atoms with Gasteiger partial charge in [0.25, 0.3) is 0 Å². The second-order valence-corrected chi connectivity index (χ2v) is 7.21. The van der Waals surface area contributed by atoms with Crippen LogP contribution < -0.4 is 9.46 Å². The van der Waals surface area contributed by atoms with Gasteiger partial charge in [0, 0.05) is 24.2 Å². The molecular weight excluding hydrogens is 318 g/mol. The van der Waals surface area contributed by atoms with Gasteiger partial charge in [0.15, 0.2) is 0 Å². The summed E-state index contributed by atoms with van der Waals surface area (Å²) in [5, 5.41) is 9.49. The maximum absolute atomic E-state index is 12.4. The standard InChI is InChI=1S/C13H20ClNO5S/c1-13(2,20-4)8-15-21(17,18)11-6-10(14)5-9(7-16)12(11)19-3/h5-6,15-16H,7-8H2,1-4H3. The van der Waals surface area contributed by atoms with E-state index in [2.05, 4.69) is 4.72 Å². The van der Waals surface area contributed by atoms with Crippen LogP contribution in [0.15, 0.2) is 17.0 Å². The maximum atomic E-state index is 12.4. The van der Waals surface area contributed by atoms with E-state index in [1.807, 2.05) is 0 Å². The predicted molar refractivity (Wildman–Crippen MR) is 80.2 cm³/mol. The van der Waals surface area contributed by atoms with E-state index in [1.54, 1.807) is 13.8 Å². The van der Waals surface area contributed by atoms with E-state index in [-0.39, 0.29) is 28.8 Å². The monoisotopic (exact) mass is 337 g/mol. The van der Waals surface area contributed by atoms with Crippen LogP contribution in [-0.2, 0) is 21.4 Å². The molecule has 21 heavy (non-hydrogen) atoms. The van der Waals surface area contributed by atoms with Gasteiger partial charge < -0.3 is 14.6 Å². The smallest absolute Gasteiger partial charge is 0.244 e. The first-order valence-electron chi connectivity index (χ1n) is 6.19. The molecule has 0 radical (unpaired) electrons. The highest BCUT2D eigenvalue weighted by Gasteiger charge is 2.26. The Morgan fingerprint density at radius 2 is 1.95 bits per heavy atom. The number of hydrogen-bond acceptors (Lipinski definition) is 5. The van der Waals surface area contributed by atoms with Gasteiger partial charge in [0.2, 0.25) is 10.0 Å². The van der Waals surface area contributed by atoms with Crippen molar-refractivity contribution in [3.63, 3.8) is 0 Å². The van der Waals surface area contributed by atoms with E-state index >= 15 is 0 Å². The Morgan fingerprint density at radius 1 is 1.33 bits per heavy atom. The van der Waals surface area contributed by atoms with Gasteiger partial charge >= 0.3 is 0 Å². The van der Waals surface area contributed by atoms with E-state index in [0.717, 1.165) is 0 Å². The fourth-order valence-electron chi connectivity index (χ4n) is 1.59. The van der Waals surface area contributed by atoms with Gasteiger partial charge in [-0.15, -0.1) is 0 Å². The molecule has 6 nitrogen and oxygen atoms in total. The first-order valence-corrected chi connectivity index (χ1v) is 8.05. The van der Waals surface area contributed by atoms with Crippen LogP contribution in [0.3, 0.4) is 0 Å². The molecule has 1 aromatic carbocycles. The molecule has 120 valence electrons. The summed E-state index contributed by atoms with van der Waals surface area (Å²) >= 11 is 5.90. The summed E-state index contributed by atoms with van der Waals surface area (Å²) < 4.78 is 37.5. The minimum atomic E-state index is -3.85. The van der Waals surface area contributed by atoms with Crippen LogP contribution in [0.2, 0.25) is 5.02 Å². The number of aliphatic hydroxyl groups excluding tert-OH is 1. The lowest BCUT2D eigenvalue weighted by molar-refractivity contribution is 0.0276. The first kappa shape index (κ1) is 18.2. The molecule has 1 rings (SSSR count). The van der Waals surface area contributed by atoms with E-state index in [1.165, 1.54) is 26.4 Å². The molecule has 0 fully saturated rings. The van der Waals surface area contributed by atoms with Crippen LogP contribution in [0.5, 0.6) is 5.75 Å². The van der Waals surface area contributed by atoms with E-state index < -0.39 is 15.6 Å². The van der Waals surface area contributed by atoms with Crippen molar-refractivity contribution in [3.8, 4) is 5.75 Å². The number of nitrogens with one attached hydrogen (secondary N) is 1. The Hall–Kier alpha value is -0.860. The molecule has 0 aliphatic carbocycles. The molecule has 0 saturated heterocycles. The number of sulfonamides is 1. The molecule has 0 saturated carbocycles. The van der Waals surface area contributed by atoms with Crippen LogP contribution in [0, 0.1) is 0 Å². The molecule has 0 amide bonds. The Balaban J connectivity index is 3.22. The number of aliphatic hydroxyl groups is 1. The molecule has 1 aromatic rings. The van der Waals surface area contributed by atoms with Crippen molar-refractivity contribution in [3.05, 3.63) is 22.7 Å². The predicted octanol–water partition coefficient (Wildman–Crippen LogP) is 1.54. The Kier molecular flexibility index (Phi) is 6.01. The van der Waals surface area contributed by atoms with Crippen LogP contribution in [0.25, 0.3) is 0 Å². The topological polar surface area (TPSA) is 84.9 Å². The van der Waals surface area contributed by atoms with Crippen molar-refractivity contribution in [1.29, 1.82) is 0 Å². The lowest BCUT2D eigenvalue weighted by Crippen LogP contribution is -2.39. The van der Waals surface area contributed by atoms with E-state index in [4.69, 9.17) is 21.1 Å². The second-order valence-electron chi connectivity index (χ2n) is 5.04. The van der Waals surface area contributed by atoms with Crippen molar-refractivity contribution in [2.45, 2.75) is 31.0 Å². The number of benzene rings is 1. The summed E-state index contributed by atoms with van der Waals surface area (Å²) in [7, 11) is -1.02. The Labute approximate surface area is 130 Å². The third-order valence-corrected chi connectivity index (χ3v) is 4.63. The zero-order valence-electron chi connectivity index (χ0n) is 12.4. The van der Waals surface area contributed by atoms with Crippen molar-refractivity contribution in [1.82, 2.24) is 4.72 Å². The summed E-state index contributed by atoms with van der Waals surface area (Å²) in [6.07, 6.45) is 0. The van der Waals surface area contributed by atoms with Crippen LogP contribution >= 0.6 is 11.6 Å². The first-order chi connectivity index (χ1) is 9.66. The Morgan fingerprint density at radius 3 is 2.43 bits per heavy atom. The summed E-state index contributed by atoms with van der Waals surface area (Å²) in [5.41, 5.74) is -0.352. The maximum Gasteiger partial charge on any atom is 0.244 e. The van der Waals surface area contributed by atoms with Crippen molar-refractivity contribution >= 4 is 21.6 Å². The number of ether oxygens (including phenoxy) is 2. The van der Waals surface area contributed by atoms with Crippen LogP contribution in [0.1, 0.15) is 19.4 Å². The van der Waals surface area contributed by atoms with E-state index in [0.29, 0.717) is 5.56 Å². The molecule has 0 spiro atoms. The van der Waals surface area contributed by atoms with Gasteiger partial charge in [0.05, 0.1) is 19.3 Å². The number of halogens is 1. The molecule has 0 aromatic heterocycles. The molecule has 0 unspecified atom stereocenters. The van der Waals surface area contributed by atoms with Crippen molar-refractivity contribution in [2.24, 2.45) is 0 Å². The minimum absolute atomic E-state index is 0.0737. The second kappa shape index (κ2) is 6.93. The van der Waals surface area contributed by atoms with Crippen molar-refractivity contribution < 1.29 is 23.0 Å². The molecule has 0 aliphatic heterocycles. The zero-order valence-corrected chi connectivity index (χ0v) is 14.0. The average Bonchev–Trinajstić information content (AvgIpc) is 2.44. The van der Waals surface area contributed by atoms with Gasteiger partial charge in [-0.1, -0.05) is 11.6 Å². The average molecular weight is 338 g/mol. The number of rotatable bonds is 7. The highest BCUT2D eigenvalue weighted by atomic mass is 35.5. The molecule has 8 heteroatoms. The molecule has 2 N–H and O–H groups in total. The summed E-state index contributed by atoms with van der Waals surface area (Å²) in [4.78, 5) is -0.117. The lowest BCUT2D eigenvalue weighted by Gasteiger charge is -2.23. The van der Waals surface area contributed by atoms with Crippen LogP contribution in [-0.4, -0.2) is 39.9 Å². The normalized spacial score (nSPS) is 12.5. The number of hydrogen-bond donors (Lipinski definition) is 2. The molecule has 0 heterocycles. The van der Waals surface area contributed by atoms with Gasteiger partial charge in [-0.3, -0.25) is 0 Å². The highest BCUT2D eigenvalue weighted by Crippen LogP contribution is 2.31. The number of methoxy groups -OCH3 is 2. The molecule has 0 bridgehead atoms. The Bertz CT molecular complexity index is 601. The summed E-state index contributed by atoms with van der Waals surface area (Å²) in [6, 6.07) is 2.74. The fourth-order valence-corrected chi connectivity index (χ4v) is 3.33. The van der Waals surface area contributed by atoms with Crippen LogP contribution in [0.4, 0.5) is 0 Å². The van der Waals surface area contributed by atoms with Gasteiger partial charge in [0.1, 0.15) is 10.6 Å². The third-order valence-electron chi connectivity index (χ3n) is 3.00. The third kappa shape index (κ3) is 4.55. The summed E-state index contributed by atoms with van der Waals surface area (Å²) in [5.74, 6) is 0.0737. The lowest BCUT2D eigenvalue weighted by atomic mass is 10.1. The summed E-state index contributed by atoms with van der Waals surface area (Å²) in [6.45, 7) is 3.21. The zero-order chi connectivity index (χ0) is 16.3. The minimum Gasteiger partial charge on any atom is -0.495 e. The molecule has 0 atom stereocenters. The van der Waals surface area contributed by atoms with Crippen molar-refractivity contribution in [2.75, 3.05) is 20.8 Å². The quantitative estimate of drug-likeness (QED) is 0.788. The van der Waals surface area contributed by atoms with Gasteiger partial charge in [-0.2, -0.15) is 0 Å². The van der Waals surface area contributed by atoms with Gasteiger partial charge in [-0.05, 0) is 26.0 Å². The molecule has 0 aliphatic rings. The fraction of sp³-hybridized carbons (Fsp3) is 0.538.